The van der Waals surface area contributed by atoms with Crippen molar-refractivity contribution in [1.82, 2.24) is 4.57 Å². The third-order valence-corrected chi connectivity index (χ3v) is 3.56. The van der Waals surface area contributed by atoms with Crippen LogP contribution < -0.4 is 5.32 Å². The average Bonchev–Trinajstić information content (AvgIpc) is 2.74. The molecule has 1 heterocycles. The van der Waals surface area contributed by atoms with Crippen LogP contribution in [0.1, 0.15) is 34.1 Å². The van der Waals surface area contributed by atoms with Gasteiger partial charge in [0.2, 0.25) is 5.91 Å². The Morgan fingerprint density at radius 2 is 2.00 bits per heavy atom. The van der Waals surface area contributed by atoms with E-state index in [0.29, 0.717) is 23.5 Å². The molecule has 0 spiro atoms. The van der Waals surface area contributed by atoms with E-state index in [-0.39, 0.29) is 17.9 Å². The molecule has 5 heteroatoms. The van der Waals surface area contributed by atoms with Crippen molar-refractivity contribution in [2.24, 2.45) is 0 Å². The zero-order chi connectivity index (χ0) is 16.3. The fraction of sp³-hybridized carbons (Fsp3) is 0.294. The number of hydrogen-bond donors (Lipinski definition) is 2. The van der Waals surface area contributed by atoms with Crippen molar-refractivity contribution in [3.63, 3.8) is 0 Å². The van der Waals surface area contributed by atoms with Gasteiger partial charge in [0.15, 0.2) is 0 Å². The Hall–Kier alpha value is -2.56. The van der Waals surface area contributed by atoms with Crippen LogP contribution in [0.2, 0.25) is 0 Å². The van der Waals surface area contributed by atoms with Gasteiger partial charge < -0.3 is 15.0 Å². The molecule has 1 amide bonds. The van der Waals surface area contributed by atoms with Crippen LogP contribution in [-0.2, 0) is 17.8 Å². The molecular weight excluding hydrogens is 280 g/mol. The predicted molar refractivity (Wildman–Crippen MR) is 85.3 cm³/mol. The monoisotopic (exact) mass is 300 g/mol. The van der Waals surface area contributed by atoms with E-state index in [4.69, 9.17) is 0 Å². The Labute approximate surface area is 129 Å². The Bertz CT molecular complexity index is 717. The van der Waals surface area contributed by atoms with Crippen LogP contribution in [0.4, 0.5) is 5.69 Å². The highest BCUT2D eigenvalue weighted by atomic mass is 16.4. The topological polar surface area (TPSA) is 71.3 Å². The van der Waals surface area contributed by atoms with Gasteiger partial charge in [-0.2, -0.15) is 0 Å². The van der Waals surface area contributed by atoms with Crippen molar-refractivity contribution in [3.8, 4) is 0 Å². The molecule has 2 N–H and O–H groups in total. The maximum absolute atomic E-state index is 12.2. The lowest BCUT2D eigenvalue weighted by Crippen LogP contribution is -2.18. The number of carbonyl (C=O) groups is 2. The number of carbonyl (C=O) groups excluding carboxylic acids is 1. The lowest BCUT2D eigenvalue weighted by atomic mass is 10.1. The minimum absolute atomic E-state index is 0.0389. The van der Waals surface area contributed by atoms with Gasteiger partial charge in [-0.05, 0) is 44.0 Å². The van der Waals surface area contributed by atoms with Crippen molar-refractivity contribution in [2.75, 3.05) is 5.32 Å². The fourth-order valence-corrected chi connectivity index (χ4v) is 2.59. The molecule has 22 heavy (non-hydrogen) atoms. The van der Waals surface area contributed by atoms with E-state index in [1.165, 1.54) is 0 Å². The van der Waals surface area contributed by atoms with Gasteiger partial charge in [0.25, 0.3) is 0 Å². The predicted octanol–water partition coefficient (Wildman–Crippen LogP) is 3.00. The number of nitrogens with zero attached hydrogens (tertiary/aromatic N) is 1. The third-order valence-electron chi connectivity index (χ3n) is 3.56. The van der Waals surface area contributed by atoms with Gasteiger partial charge in [-0.3, -0.25) is 4.79 Å². The molecule has 0 saturated carbocycles. The summed E-state index contributed by atoms with van der Waals surface area (Å²) < 4.78 is 1.81. The summed E-state index contributed by atoms with van der Waals surface area (Å²) in [5, 5.41) is 12.2. The van der Waals surface area contributed by atoms with Crippen LogP contribution >= 0.6 is 0 Å². The van der Waals surface area contributed by atoms with Crippen LogP contribution in [0.5, 0.6) is 0 Å². The van der Waals surface area contributed by atoms with E-state index in [1.807, 2.05) is 42.7 Å². The number of hydrogen-bond acceptors (Lipinski definition) is 2. The maximum atomic E-state index is 12.2. The molecule has 0 fully saturated rings. The normalized spacial score (nSPS) is 10.5. The standard InChI is InChI=1S/C17H20N2O3/c1-4-19-10-12(3)16(17(21)22)14(19)9-15(20)18-13-7-5-6-11(2)8-13/h5-8,10H,4,9H2,1-3H3,(H,18,20)(H,21,22). The molecule has 0 bridgehead atoms. The summed E-state index contributed by atoms with van der Waals surface area (Å²) in [6, 6.07) is 7.50. The molecule has 2 rings (SSSR count). The van der Waals surface area contributed by atoms with Gasteiger partial charge >= 0.3 is 5.97 Å². The number of aryl methyl sites for hydroxylation is 3. The Balaban J connectivity index is 2.23. The lowest BCUT2D eigenvalue weighted by Gasteiger charge is -2.09. The highest BCUT2D eigenvalue weighted by molar-refractivity contribution is 5.96. The number of rotatable bonds is 5. The van der Waals surface area contributed by atoms with E-state index in [0.717, 1.165) is 5.56 Å². The maximum Gasteiger partial charge on any atom is 0.337 e. The van der Waals surface area contributed by atoms with Crippen molar-refractivity contribution in [1.29, 1.82) is 0 Å². The summed E-state index contributed by atoms with van der Waals surface area (Å²) in [6.07, 6.45) is 1.82. The number of nitrogens with one attached hydrogen (secondary N) is 1. The molecule has 0 aliphatic heterocycles. The molecule has 116 valence electrons. The van der Waals surface area contributed by atoms with Crippen LogP contribution in [0.25, 0.3) is 0 Å². The Morgan fingerprint density at radius 3 is 2.59 bits per heavy atom. The SMILES string of the molecule is CCn1cc(C)c(C(=O)O)c1CC(=O)Nc1cccc(C)c1. The minimum atomic E-state index is -0.997. The number of anilines is 1. The number of amides is 1. The number of aromatic nitrogens is 1. The molecule has 0 atom stereocenters. The molecule has 0 aliphatic carbocycles. The summed E-state index contributed by atoms with van der Waals surface area (Å²) in [7, 11) is 0. The van der Waals surface area contributed by atoms with Crippen LogP contribution in [0.15, 0.2) is 30.5 Å². The number of carboxylic acids is 1. The average molecular weight is 300 g/mol. The van der Waals surface area contributed by atoms with Gasteiger partial charge in [-0.1, -0.05) is 12.1 Å². The van der Waals surface area contributed by atoms with Crippen molar-refractivity contribution < 1.29 is 14.7 Å². The van der Waals surface area contributed by atoms with E-state index >= 15 is 0 Å². The minimum Gasteiger partial charge on any atom is -0.478 e. The largest absolute Gasteiger partial charge is 0.478 e. The summed E-state index contributed by atoms with van der Waals surface area (Å²) in [6.45, 7) is 6.25. The van der Waals surface area contributed by atoms with Gasteiger partial charge in [-0.15, -0.1) is 0 Å². The summed E-state index contributed by atoms with van der Waals surface area (Å²) in [5.74, 6) is -1.22. The van der Waals surface area contributed by atoms with Crippen molar-refractivity contribution in [2.45, 2.75) is 33.7 Å². The first-order chi connectivity index (χ1) is 10.4. The molecule has 0 aliphatic rings. The van der Waals surface area contributed by atoms with E-state index in [2.05, 4.69) is 5.32 Å². The number of aromatic carboxylic acids is 1. The van der Waals surface area contributed by atoms with E-state index < -0.39 is 5.97 Å². The van der Waals surface area contributed by atoms with Gasteiger partial charge in [-0.25, -0.2) is 4.79 Å². The first kappa shape index (κ1) is 15.8. The lowest BCUT2D eigenvalue weighted by molar-refractivity contribution is -0.115. The van der Waals surface area contributed by atoms with E-state index in [1.54, 1.807) is 13.1 Å². The smallest absolute Gasteiger partial charge is 0.337 e. The van der Waals surface area contributed by atoms with Gasteiger partial charge in [0.05, 0.1) is 12.0 Å². The molecule has 1 aromatic carbocycles. The fourth-order valence-electron chi connectivity index (χ4n) is 2.59. The van der Waals surface area contributed by atoms with Crippen LogP contribution in [-0.4, -0.2) is 21.6 Å². The molecule has 5 nitrogen and oxygen atoms in total. The first-order valence-corrected chi connectivity index (χ1v) is 7.20. The molecule has 0 unspecified atom stereocenters. The Kier molecular flexibility index (Phi) is 4.65. The second-order valence-electron chi connectivity index (χ2n) is 5.32. The highest BCUT2D eigenvalue weighted by Crippen LogP contribution is 2.19. The Morgan fingerprint density at radius 1 is 1.27 bits per heavy atom. The second kappa shape index (κ2) is 6.47. The van der Waals surface area contributed by atoms with Gasteiger partial charge in [0.1, 0.15) is 0 Å². The molecule has 2 aromatic rings. The molecule has 0 saturated heterocycles. The molecular formula is C17H20N2O3. The number of benzene rings is 1. The molecule has 1 aromatic heterocycles. The first-order valence-electron chi connectivity index (χ1n) is 7.20. The van der Waals surface area contributed by atoms with Crippen LogP contribution in [0.3, 0.4) is 0 Å². The summed E-state index contributed by atoms with van der Waals surface area (Å²) >= 11 is 0. The van der Waals surface area contributed by atoms with E-state index in [9.17, 15) is 14.7 Å². The zero-order valence-electron chi connectivity index (χ0n) is 13.0. The highest BCUT2D eigenvalue weighted by Gasteiger charge is 2.20. The zero-order valence-corrected chi connectivity index (χ0v) is 13.0. The third kappa shape index (κ3) is 3.36. The summed E-state index contributed by atoms with van der Waals surface area (Å²) in [5.41, 5.74) is 3.21. The van der Waals surface area contributed by atoms with Gasteiger partial charge in [0, 0.05) is 24.1 Å². The van der Waals surface area contributed by atoms with Crippen LogP contribution in [0, 0.1) is 13.8 Å². The second-order valence-corrected chi connectivity index (χ2v) is 5.32. The summed E-state index contributed by atoms with van der Waals surface area (Å²) in [4.78, 5) is 23.6. The number of carboxylic acid groups (broad SMARTS) is 1. The molecule has 0 radical (unpaired) electrons. The van der Waals surface area contributed by atoms with Crippen molar-refractivity contribution >= 4 is 17.6 Å². The van der Waals surface area contributed by atoms with Crippen molar-refractivity contribution in [3.05, 3.63) is 52.8 Å². The quantitative estimate of drug-likeness (QED) is 0.891.